The van der Waals surface area contributed by atoms with Gasteiger partial charge in [-0.15, -0.1) is 0 Å². The summed E-state index contributed by atoms with van der Waals surface area (Å²) in [5.41, 5.74) is 1.23. The molecule has 2 aromatic carbocycles. The van der Waals surface area contributed by atoms with Crippen LogP contribution < -0.4 is 14.8 Å². The predicted molar refractivity (Wildman–Crippen MR) is 92.8 cm³/mol. The molecule has 5 heteroatoms. The van der Waals surface area contributed by atoms with Gasteiger partial charge in [-0.05, 0) is 61.9 Å². The Balaban J connectivity index is 1.81. The number of ketones is 1. The third kappa shape index (κ3) is 5.43. The van der Waals surface area contributed by atoms with Crippen LogP contribution in [-0.4, -0.2) is 24.9 Å². The highest BCUT2D eigenvalue weighted by Crippen LogP contribution is 2.18. The average molecular weight is 327 g/mol. The van der Waals surface area contributed by atoms with E-state index in [4.69, 9.17) is 9.47 Å². The summed E-state index contributed by atoms with van der Waals surface area (Å²) in [5, 5.41) is 2.72. The van der Waals surface area contributed by atoms with Gasteiger partial charge < -0.3 is 14.8 Å². The molecule has 0 unspecified atom stereocenters. The van der Waals surface area contributed by atoms with Crippen LogP contribution in [0.15, 0.2) is 48.5 Å². The van der Waals surface area contributed by atoms with Crippen molar-refractivity contribution in [2.75, 3.05) is 18.5 Å². The number of carbonyl (C=O) groups excluding carboxylic acids is 2. The van der Waals surface area contributed by atoms with Crippen LogP contribution in [-0.2, 0) is 4.79 Å². The number of carbonyl (C=O) groups is 2. The van der Waals surface area contributed by atoms with Crippen LogP contribution in [0.2, 0.25) is 0 Å². The van der Waals surface area contributed by atoms with E-state index in [1.54, 1.807) is 36.4 Å². The van der Waals surface area contributed by atoms with E-state index < -0.39 is 0 Å². The molecule has 0 aromatic heterocycles. The Morgan fingerprint density at radius 2 is 1.50 bits per heavy atom. The Kier molecular flexibility index (Phi) is 6.37. The zero-order chi connectivity index (χ0) is 17.4. The Morgan fingerprint density at radius 3 is 2.04 bits per heavy atom. The van der Waals surface area contributed by atoms with E-state index in [1.165, 1.54) is 6.92 Å². The molecule has 126 valence electrons. The summed E-state index contributed by atoms with van der Waals surface area (Å²) in [5.74, 6) is 1.10. The van der Waals surface area contributed by atoms with Gasteiger partial charge in [-0.25, -0.2) is 0 Å². The van der Waals surface area contributed by atoms with E-state index in [-0.39, 0.29) is 18.3 Å². The molecule has 0 atom stereocenters. The van der Waals surface area contributed by atoms with Gasteiger partial charge in [-0.2, -0.15) is 0 Å². The lowest BCUT2D eigenvalue weighted by molar-refractivity contribution is -0.118. The van der Waals surface area contributed by atoms with E-state index in [1.807, 2.05) is 19.1 Å². The maximum atomic E-state index is 11.9. The van der Waals surface area contributed by atoms with Crippen LogP contribution in [0.3, 0.4) is 0 Å². The number of amides is 1. The summed E-state index contributed by atoms with van der Waals surface area (Å²) in [6.45, 7) is 4.12. The summed E-state index contributed by atoms with van der Waals surface area (Å²) in [6, 6.07) is 13.9. The van der Waals surface area contributed by atoms with Gasteiger partial charge in [0.25, 0.3) is 5.91 Å². The normalized spacial score (nSPS) is 10.1. The standard InChI is InChI=1S/C19H21NO4/c1-3-12-23-17-8-10-18(11-9-17)24-13-19(22)20-16-6-4-15(5-7-16)14(2)21/h4-11H,3,12-13H2,1-2H3,(H,20,22). The van der Waals surface area contributed by atoms with Crippen molar-refractivity contribution in [3.05, 3.63) is 54.1 Å². The number of hydrogen-bond donors (Lipinski definition) is 1. The minimum Gasteiger partial charge on any atom is -0.494 e. The van der Waals surface area contributed by atoms with Gasteiger partial charge in [0.05, 0.1) is 6.61 Å². The molecule has 1 N–H and O–H groups in total. The number of hydrogen-bond acceptors (Lipinski definition) is 4. The van der Waals surface area contributed by atoms with E-state index in [0.717, 1.165) is 12.2 Å². The highest BCUT2D eigenvalue weighted by atomic mass is 16.5. The highest BCUT2D eigenvalue weighted by Gasteiger charge is 2.05. The van der Waals surface area contributed by atoms with Crippen molar-refractivity contribution < 1.29 is 19.1 Å². The molecule has 0 fully saturated rings. The molecule has 0 spiro atoms. The maximum Gasteiger partial charge on any atom is 0.262 e. The number of ether oxygens (including phenoxy) is 2. The molecule has 0 heterocycles. The molecule has 0 aliphatic heterocycles. The largest absolute Gasteiger partial charge is 0.494 e. The van der Waals surface area contributed by atoms with Crippen molar-refractivity contribution in [2.45, 2.75) is 20.3 Å². The minimum absolute atomic E-state index is 0.0115. The second kappa shape index (κ2) is 8.72. The fourth-order valence-electron chi connectivity index (χ4n) is 1.99. The topological polar surface area (TPSA) is 64.6 Å². The monoisotopic (exact) mass is 327 g/mol. The summed E-state index contributed by atoms with van der Waals surface area (Å²) in [7, 11) is 0. The molecule has 0 bridgehead atoms. The molecule has 1 amide bonds. The molecule has 0 saturated heterocycles. The first-order valence-electron chi connectivity index (χ1n) is 7.85. The fourth-order valence-corrected chi connectivity index (χ4v) is 1.99. The van der Waals surface area contributed by atoms with Crippen molar-refractivity contribution in [1.82, 2.24) is 0 Å². The maximum absolute atomic E-state index is 11.9. The lowest BCUT2D eigenvalue weighted by Crippen LogP contribution is -2.20. The molecule has 0 aliphatic carbocycles. The van der Waals surface area contributed by atoms with Crippen molar-refractivity contribution in [3.63, 3.8) is 0 Å². The van der Waals surface area contributed by atoms with Gasteiger partial charge in [0.15, 0.2) is 12.4 Å². The summed E-state index contributed by atoms with van der Waals surface area (Å²) in [6.07, 6.45) is 0.950. The SMILES string of the molecule is CCCOc1ccc(OCC(=O)Nc2ccc(C(C)=O)cc2)cc1. The number of Topliss-reactive ketones (excluding diaryl/α,β-unsaturated/α-hetero) is 1. The molecule has 2 rings (SSSR count). The van der Waals surface area contributed by atoms with Gasteiger partial charge >= 0.3 is 0 Å². The fraction of sp³-hybridized carbons (Fsp3) is 0.263. The first kappa shape index (κ1) is 17.5. The van der Waals surface area contributed by atoms with Crippen molar-refractivity contribution >= 4 is 17.4 Å². The van der Waals surface area contributed by atoms with Crippen molar-refractivity contribution in [1.29, 1.82) is 0 Å². The minimum atomic E-state index is -0.267. The predicted octanol–water partition coefficient (Wildman–Crippen LogP) is 3.70. The summed E-state index contributed by atoms with van der Waals surface area (Å²) in [4.78, 5) is 23.1. The Morgan fingerprint density at radius 1 is 0.917 bits per heavy atom. The highest BCUT2D eigenvalue weighted by molar-refractivity contribution is 5.95. The van der Waals surface area contributed by atoms with Crippen LogP contribution in [0.25, 0.3) is 0 Å². The summed E-state index contributed by atoms with van der Waals surface area (Å²) < 4.78 is 10.9. The average Bonchev–Trinajstić information content (AvgIpc) is 2.59. The molecule has 24 heavy (non-hydrogen) atoms. The number of nitrogens with one attached hydrogen (secondary N) is 1. The van der Waals surface area contributed by atoms with Crippen molar-refractivity contribution in [2.24, 2.45) is 0 Å². The molecule has 5 nitrogen and oxygen atoms in total. The van der Waals surface area contributed by atoms with Crippen LogP contribution in [0.4, 0.5) is 5.69 Å². The Hall–Kier alpha value is -2.82. The van der Waals surface area contributed by atoms with E-state index in [9.17, 15) is 9.59 Å². The lowest BCUT2D eigenvalue weighted by atomic mass is 10.1. The van der Waals surface area contributed by atoms with Crippen LogP contribution >= 0.6 is 0 Å². The number of rotatable bonds is 8. The van der Waals surface area contributed by atoms with E-state index in [0.29, 0.717) is 23.6 Å². The molecule has 2 aromatic rings. The quantitative estimate of drug-likeness (QED) is 0.751. The Labute approximate surface area is 141 Å². The second-order valence-electron chi connectivity index (χ2n) is 5.29. The number of benzene rings is 2. The van der Waals surface area contributed by atoms with E-state index >= 15 is 0 Å². The van der Waals surface area contributed by atoms with Gasteiger partial charge in [0, 0.05) is 11.3 Å². The number of anilines is 1. The van der Waals surface area contributed by atoms with E-state index in [2.05, 4.69) is 5.32 Å². The lowest BCUT2D eigenvalue weighted by Gasteiger charge is -2.09. The van der Waals surface area contributed by atoms with Gasteiger partial charge in [0.2, 0.25) is 0 Å². The molecular formula is C19H21NO4. The first-order chi connectivity index (χ1) is 11.6. The zero-order valence-corrected chi connectivity index (χ0v) is 13.9. The summed E-state index contributed by atoms with van der Waals surface area (Å²) >= 11 is 0. The van der Waals surface area contributed by atoms with Crippen LogP contribution in [0.5, 0.6) is 11.5 Å². The molecule has 0 radical (unpaired) electrons. The molecule has 0 aliphatic rings. The van der Waals surface area contributed by atoms with Gasteiger partial charge in [0.1, 0.15) is 11.5 Å². The van der Waals surface area contributed by atoms with Crippen molar-refractivity contribution in [3.8, 4) is 11.5 Å². The zero-order valence-electron chi connectivity index (χ0n) is 13.9. The van der Waals surface area contributed by atoms with Crippen LogP contribution in [0, 0.1) is 0 Å². The van der Waals surface area contributed by atoms with Gasteiger partial charge in [-0.3, -0.25) is 9.59 Å². The third-order valence-corrected chi connectivity index (χ3v) is 3.24. The first-order valence-corrected chi connectivity index (χ1v) is 7.85. The van der Waals surface area contributed by atoms with Gasteiger partial charge in [-0.1, -0.05) is 6.92 Å². The second-order valence-corrected chi connectivity index (χ2v) is 5.29. The molecular weight excluding hydrogens is 306 g/mol. The smallest absolute Gasteiger partial charge is 0.262 e. The molecule has 0 saturated carbocycles. The third-order valence-electron chi connectivity index (χ3n) is 3.24. The Bertz CT molecular complexity index is 678. The van der Waals surface area contributed by atoms with Crippen LogP contribution in [0.1, 0.15) is 30.6 Å².